The van der Waals surface area contributed by atoms with Crippen LogP contribution in [0.3, 0.4) is 0 Å². The standard InChI is InChI=1S/C31H49IO3/c1-26(2)13-15-31(25(34)35-8)16-14-29(6)19(20(31)17-26)9-10-23-28(5)18-21(32)24(33)27(3,4)22(28)11-12-30(23,29)7/h9,20-24,33H,10-18H2,1-8H3/t20-,21-,22-,23?,24+,28-,29+,30+,31-/m0/s1. The quantitative estimate of drug-likeness (QED) is 0.146. The highest BCUT2D eigenvalue weighted by Gasteiger charge is 2.70. The second kappa shape index (κ2) is 7.96. The van der Waals surface area contributed by atoms with Gasteiger partial charge in [0.2, 0.25) is 0 Å². The molecular weight excluding hydrogens is 547 g/mol. The van der Waals surface area contributed by atoms with E-state index in [0.29, 0.717) is 21.7 Å². The summed E-state index contributed by atoms with van der Waals surface area (Å²) in [5.74, 6) is 1.52. The molecular formula is C31H49IO3. The second-order valence-electron chi connectivity index (χ2n) is 15.3. The number of halogens is 1. The number of aliphatic hydroxyl groups excluding tert-OH is 1. The number of methoxy groups -OCH3 is 1. The summed E-state index contributed by atoms with van der Waals surface area (Å²) in [4.78, 5) is 13.4. The van der Waals surface area contributed by atoms with Crippen molar-refractivity contribution in [3.63, 3.8) is 0 Å². The van der Waals surface area contributed by atoms with Crippen LogP contribution in [-0.2, 0) is 9.53 Å². The van der Waals surface area contributed by atoms with E-state index in [0.717, 1.165) is 44.9 Å². The number of hydrogen-bond donors (Lipinski definition) is 1. The van der Waals surface area contributed by atoms with Gasteiger partial charge in [-0.05, 0) is 103 Å². The van der Waals surface area contributed by atoms with Gasteiger partial charge in [-0.2, -0.15) is 0 Å². The number of rotatable bonds is 1. The molecule has 0 radical (unpaired) electrons. The molecule has 198 valence electrons. The molecule has 0 aromatic heterocycles. The van der Waals surface area contributed by atoms with Crippen molar-refractivity contribution in [3.05, 3.63) is 11.6 Å². The highest BCUT2D eigenvalue weighted by molar-refractivity contribution is 14.1. The van der Waals surface area contributed by atoms with Crippen LogP contribution in [-0.4, -0.2) is 28.2 Å². The monoisotopic (exact) mass is 596 g/mol. The summed E-state index contributed by atoms with van der Waals surface area (Å²) in [6.45, 7) is 17.2. The molecule has 35 heavy (non-hydrogen) atoms. The number of hydrogen-bond acceptors (Lipinski definition) is 3. The number of carbonyl (C=O) groups excluding carboxylic acids is 1. The van der Waals surface area contributed by atoms with Gasteiger partial charge < -0.3 is 9.84 Å². The van der Waals surface area contributed by atoms with Gasteiger partial charge in [-0.15, -0.1) is 0 Å². The molecule has 9 atom stereocenters. The van der Waals surface area contributed by atoms with Crippen LogP contribution in [0.15, 0.2) is 11.6 Å². The molecule has 1 unspecified atom stereocenters. The Morgan fingerprint density at radius 3 is 2.29 bits per heavy atom. The Labute approximate surface area is 227 Å². The Morgan fingerprint density at radius 1 is 0.971 bits per heavy atom. The van der Waals surface area contributed by atoms with Crippen LogP contribution in [0.5, 0.6) is 0 Å². The number of carbonyl (C=O) groups is 1. The van der Waals surface area contributed by atoms with Crippen LogP contribution in [0.1, 0.15) is 106 Å². The van der Waals surface area contributed by atoms with Crippen LogP contribution in [0, 0.1) is 50.2 Å². The molecule has 1 N–H and O–H groups in total. The molecule has 0 aliphatic heterocycles. The predicted molar refractivity (Wildman–Crippen MR) is 150 cm³/mol. The molecule has 0 aromatic rings. The fourth-order valence-electron chi connectivity index (χ4n) is 10.9. The van der Waals surface area contributed by atoms with Crippen molar-refractivity contribution in [3.8, 4) is 0 Å². The molecule has 4 saturated carbocycles. The fourth-order valence-corrected chi connectivity index (χ4v) is 12.8. The van der Waals surface area contributed by atoms with E-state index < -0.39 is 0 Å². The first-order valence-electron chi connectivity index (χ1n) is 14.2. The first kappa shape index (κ1) is 26.5. The van der Waals surface area contributed by atoms with Gasteiger partial charge in [0, 0.05) is 3.92 Å². The van der Waals surface area contributed by atoms with E-state index in [1.54, 1.807) is 12.7 Å². The first-order chi connectivity index (χ1) is 16.1. The lowest BCUT2D eigenvalue weighted by Gasteiger charge is -2.71. The maximum Gasteiger partial charge on any atom is 0.312 e. The molecule has 4 fully saturated rings. The average Bonchev–Trinajstić information content (AvgIpc) is 2.77. The molecule has 4 heteroatoms. The molecule has 3 nitrogen and oxygen atoms in total. The van der Waals surface area contributed by atoms with Gasteiger partial charge in [-0.1, -0.05) is 82.7 Å². The minimum absolute atomic E-state index is 0.0414. The maximum atomic E-state index is 13.4. The van der Waals surface area contributed by atoms with E-state index in [1.165, 1.54) is 12.8 Å². The summed E-state index contributed by atoms with van der Waals surface area (Å²) in [6.07, 6.45) is 12.3. The summed E-state index contributed by atoms with van der Waals surface area (Å²) < 4.78 is 5.81. The summed E-state index contributed by atoms with van der Waals surface area (Å²) in [5.41, 5.74) is 2.07. The van der Waals surface area contributed by atoms with Crippen molar-refractivity contribution >= 4 is 28.6 Å². The van der Waals surface area contributed by atoms with E-state index >= 15 is 0 Å². The van der Waals surface area contributed by atoms with Crippen molar-refractivity contribution in [2.45, 2.75) is 116 Å². The largest absolute Gasteiger partial charge is 0.469 e. The zero-order chi connectivity index (χ0) is 25.8. The molecule has 0 bridgehead atoms. The lowest BCUT2D eigenvalue weighted by atomic mass is 9.33. The van der Waals surface area contributed by atoms with Crippen molar-refractivity contribution in [1.82, 2.24) is 0 Å². The minimum Gasteiger partial charge on any atom is -0.469 e. The number of esters is 1. The Kier molecular flexibility index (Phi) is 6.03. The number of allylic oxidation sites excluding steroid dienone is 2. The molecule has 0 heterocycles. The number of fused-ring (bicyclic) bond motifs is 7. The molecule has 0 amide bonds. The summed E-state index contributed by atoms with van der Waals surface area (Å²) >= 11 is 2.54. The van der Waals surface area contributed by atoms with Gasteiger partial charge in [-0.25, -0.2) is 0 Å². The average molecular weight is 597 g/mol. The molecule has 0 saturated heterocycles. The van der Waals surface area contributed by atoms with Crippen LogP contribution in [0.2, 0.25) is 0 Å². The third kappa shape index (κ3) is 3.32. The van der Waals surface area contributed by atoms with Crippen molar-refractivity contribution in [1.29, 1.82) is 0 Å². The molecule has 5 aliphatic rings. The van der Waals surface area contributed by atoms with Gasteiger partial charge in [0.15, 0.2) is 0 Å². The van der Waals surface area contributed by atoms with Crippen molar-refractivity contribution < 1.29 is 14.6 Å². The summed E-state index contributed by atoms with van der Waals surface area (Å²) in [5, 5.41) is 11.2. The van der Waals surface area contributed by atoms with Gasteiger partial charge >= 0.3 is 5.97 Å². The number of ether oxygens (including phenoxy) is 1. The predicted octanol–water partition coefficient (Wildman–Crippen LogP) is 7.74. The Morgan fingerprint density at radius 2 is 1.63 bits per heavy atom. The van der Waals surface area contributed by atoms with Gasteiger partial charge in [0.25, 0.3) is 0 Å². The van der Waals surface area contributed by atoms with E-state index in [4.69, 9.17) is 4.74 Å². The Hall–Kier alpha value is -0.100. The zero-order valence-electron chi connectivity index (χ0n) is 23.5. The number of aliphatic hydroxyl groups is 1. The summed E-state index contributed by atoms with van der Waals surface area (Å²) in [7, 11) is 1.59. The van der Waals surface area contributed by atoms with Crippen LogP contribution in [0.4, 0.5) is 0 Å². The second-order valence-corrected chi connectivity index (χ2v) is 16.9. The van der Waals surface area contributed by atoms with Crippen LogP contribution >= 0.6 is 22.6 Å². The smallest absolute Gasteiger partial charge is 0.312 e. The topological polar surface area (TPSA) is 46.5 Å². The molecule has 0 aromatic carbocycles. The third-order valence-electron chi connectivity index (χ3n) is 13.1. The van der Waals surface area contributed by atoms with Crippen molar-refractivity contribution in [2.24, 2.45) is 50.2 Å². The highest BCUT2D eigenvalue weighted by atomic mass is 127. The van der Waals surface area contributed by atoms with E-state index in [1.807, 2.05) is 0 Å². The molecule has 5 aliphatic carbocycles. The highest BCUT2D eigenvalue weighted by Crippen LogP contribution is 2.76. The normalized spacial score (nSPS) is 52.2. The molecule has 5 rings (SSSR count). The zero-order valence-corrected chi connectivity index (χ0v) is 25.6. The van der Waals surface area contributed by atoms with Crippen LogP contribution < -0.4 is 0 Å². The Balaban J connectivity index is 1.61. The fraction of sp³-hybridized carbons (Fsp3) is 0.903. The lowest BCUT2D eigenvalue weighted by Crippen LogP contribution is -2.66. The Bertz CT molecular complexity index is 938. The minimum atomic E-state index is -0.329. The maximum absolute atomic E-state index is 13.4. The third-order valence-corrected chi connectivity index (χ3v) is 14.3. The van der Waals surface area contributed by atoms with Gasteiger partial charge in [0.05, 0.1) is 18.6 Å². The first-order valence-corrected chi connectivity index (χ1v) is 15.4. The van der Waals surface area contributed by atoms with E-state index in [2.05, 4.69) is 77.1 Å². The molecule has 0 spiro atoms. The lowest BCUT2D eigenvalue weighted by molar-refractivity contribution is -0.203. The van der Waals surface area contributed by atoms with Crippen LogP contribution in [0.25, 0.3) is 0 Å². The van der Waals surface area contributed by atoms with E-state index in [-0.39, 0.29) is 44.6 Å². The summed E-state index contributed by atoms with van der Waals surface area (Å²) in [6, 6.07) is 0. The van der Waals surface area contributed by atoms with E-state index in [9.17, 15) is 9.90 Å². The number of alkyl halides is 1. The van der Waals surface area contributed by atoms with Gasteiger partial charge in [0.1, 0.15) is 0 Å². The SMILES string of the molecule is COC(=O)[C@]12CCC(C)(C)C[C@H]1C1=CCC3[C@@]4(C)C[C@H](I)[C@@H](O)C(C)(C)[C@@H]4CC[C@@]3(C)[C@]1(C)CC2. The van der Waals surface area contributed by atoms with Gasteiger partial charge in [-0.3, -0.25) is 4.79 Å². The van der Waals surface area contributed by atoms with Crippen molar-refractivity contribution in [2.75, 3.05) is 7.11 Å².